The van der Waals surface area contributed by atoms with Crippen molar-refractivity contribution in [2.45, 2.75) is 5.16 Å². The molecule has 1 aromatic carbocycles. The quantitative estimate of drug-likeness (QED) is 0.742. The maximum Gasteiger partial charge on any atom is 0.191 e. The molecule has 0 atom stereocenters. The molecule has 0 fully saturated rings. The molecule has 0 amide bonds. The van der Waals surface area contributed by atoms with E-state index in [0.29, 0.717) is 11.0 Å². The standard InChI is InChI=1S/C13H16N4O2S/c1-16(2)10-6-4-9(5-7-10)12-14-15-13(17(12)3)20-8-11(18)19/h4-7H,8H2,1-3H3,(H,18,19)/p-1. The minimum absolute atomic E-state index is 0.133. The van der Waals surface area contributed by atoms with Gasteiger partial charge in [0.1, 0.15) is 0 Å². The van der Waals surface area contributed by atoms with Crippen LogP contribution >= 0.6 is 11.8 Å². The lowest BCUT2D eigenvalue weighted by Crippen LogP contribution is -2.24. The summed E-state index contributed by atoms with van der Waals surface area (Å²) in [7, 11) is 5.77. The fourth-order valence-corrected chi connectivity index (χ4v) is 2.35. The molecule has 0 radical (unpaired) electrons. The van der Waals surface area contributed by atoms with E-state index in [4.69, 9.17) is 0 Å². The van der Waals surface area contributed by atoms with Crippen LogP contribution in [0, 0.1) is 0 Å². The Morgan fingerprint density at radius 1 is 1.30 bits per heavy atom. The molecule has 0 N–H and O–H groups in total. The first kappa shape index (κ1) is 14.4. The van der Waals surface area contributed by atoms with Gasteiger partial charge in [0.25, 0.3) is 0 Å². The molecule has 0 aliphatic rings. The number of rotatable bonds is 5. The SMILES string of the molecule is CN(C)c1ccc(-c2nnc(SCC(=O)[O-])n2C)cc1. The number of aromatic nitrogens is 3. The lowest BCUT2D eigenvalue weighted by molar-refractivity contribution is -0.301. The summed E-state index contributed by atoms with van der Waals surface area (Å²) in [5, 5.41) is 19.1. The monoisotopic (exact) mass is 291 g/mol. The van der Waals surface area contributed by atoms with Gasteiger partial charge < -0.3 is 19.4 Å². The summed E-state index contributed by atoms with van der Waals surface area (Å²) in [4.78, 5) is 12.5. The van der Waals surface area contributed by atoms with E-state index in [9.17, 15) is 9.90 Å². The Balaban J connectivity index is 2.22. The Morgan fingerprint density at radius 3 is 2.50 bits per heavy atom. The summed E-state index contributed by atoms with van der Waals surface area (Å²) in [6.07, 6.45) is 0. The highest BCUT2D eigenvalue weighted by molar-refractivity contribution is 7.99. The highest BCUT2D eigenvalue weighted by atomic mass is 32.2. The molecule has 6 nitrogen and oxygen atoms in total. The van der Waals surface area contributed by atoms with E-state index in [1.807, 2.05) is 50.3 Å². The summed E-state index contributed by atoms with van der Waals surface area (Å²) in [5.41, 5.74) is 2.04. The molecule has 2 aromatic rings. The highest BCUT2D eigenvalue weighted by Gasteiger charge is 2.11. The van der Waals surface area contributed by atoms with Crippen LogP contribution in [0.1, 0.15) is 0 Å². The number of hydrogen-bond donors (Lipinski definition) is 0. The first-order valence-corrected chi connectivity index (χ1v) is 6.97. The van der Waals surface area contributed by atoms with Crippen LogP contribution < -0.4 is 10.0 Å². The third-order valence-corrected chi connectivity index (χ3v) is 3.79. The summed E-state index contributed by atoms with van der Waals surface area (Å²) in [5.74, 6) is -0.544. The zero-order valence-corrected chi connectivity index (χ0v) is 12.3. The molecule has 106 valence electrons. The topological polar surface area (TPSA) is 74.1 Å². The smallest absolute Gasteiger partial charge is 0.191 e. The van der Waals surface area contributed by atoms with Crippen molar-refractivity contribution in [1.29, 1.82) is 0 Å². The molecular weight excluding hydrogens is 276 g/mol. The van der Waals surface area contributed by atoms with Crippen LogP contribution in [0.15, 0.2) is 29.4 Å². The number of anilines is 1. The molecule has 2 rings (SSSR count). The summed E-state index contributed by atoms with van der Waals surface area (Å²) in [6.45, 7) is 0. The second-order valence-electron chi connectivity index (χ2n) is 4.47. The van der Waals surface area contributed by atoms with Gasteiger partial charge in [-0.2, -0.15) is 0 Å². The van der Waals surface area contributed by atoms with E-state index in [2.05, 4.69) is 10.2 Å². The van der Waals surface area contributed by atoms with Crippen molar-refractivity contribution in [3.63, 3.8) is 0 Å². The average Bonchev–Trinajstić information content (AvgIpc) is 2.78. The van der Waals surface area contributed by atoms with Crippen LogP contribution in [0.25, 0.3) is 11.4 Å². The number of aliphatic carboxylic acids is 1. The van der Waals surface area contributed by atoms with E-state index in [0.717, 1.165) is 23.0 Å². The van der Waals surface area contributed by atoms with Crippen molar-refractivity contribution in [2.75, 3.05) is 24.7 Å². The van der Waals surface area contributed by atoms with Gasteiger partial charge in [0.2, 0.25) is 0 Å². The van der Waals surface area contributed by atoms with Gasteiger partial charge >= 0.3 is 0 Å². The molecule has 1 heterocycles. The number of carbonyl (C=O) groups is 1. The third kappa shape index (κ3) is 3.11. The summed E-state index contributed by atoms with van der Waals surface area (Å²) >= 11 is 1.10. The lowest BCUT2D eigenvalue weighted by Gasteiger charge is -2.12. The van der Waals surface area contributed by atoms with Gasteiger partial charge in [-0.1, -0.05) is 11.8 Å². The van der Waals surface area contributed by atoms with Crippen LogP contribution in [0.2, 0.25) is 0 Å². The Labute approximate surface area is 121 Å². The van der Waals surface area contributed by atoms with Gasteiger partial charge in [-0.25, -0.2) is 0 Å². The van der Waals surface area contributed by atoms with Crippen molar-refractivity contribution in [2.24, 2.45) is 7.05 Å². The zero-order valence-electron chi connectivity index (χ0n) is 11.5. The summed E-state index contributed by atoms with van der Waals surface area (Å²) < 4.78 is 1.78. The minimum atomic E-state index is -1.12. The molecule has 0 aliphatic carbocycles. The zero-order chi connectivity index (χ0) is 14.7. The van der Waals surface area contributed by atoms with E-state index >= 15 is 0 Å². The van der Waals surface area contributed by atoms with E-state index in [-0.39, 0.29) is 5.75 Å². The Hall–Kier alpha value is -2.02. The van der Waals surface area contributed by atoms with Crippen LogP contribution in [0.3, 0.4) is 0 Å². The highest BCUT2D eigenvalue weighted by Crippen LogP contribution is 2.24. The number of benzene rings is 1. The maximum absolute atomic E-state index is 10.5. The fourth-order valence-electron chi connectivity index (χ4n) is 1.72. The lowest BCUT2D eigenvalue weighted by atomic mass is 10.2. The van der Waals surface area contributed by atoms with Crippen molar-refractivity contribution in [1.82, 2.24) is 14.8 Å². The first-order chi connectivity index (χ1) is 9.49. The number of carboxylic acids is 1. The molecule has 0 saturated heterocycles. The Morgan fingerprint density at radius 2 is 1.95 bits per heavy atom. The van der Waals surface area contributed by atoms with E-state index in [1.54, 1.807) is 4.57 Å². The average molecular weight is 291 g/mol. The predicted molar refractivity (Wildman–Crippen MR) is 76.5 cm³/mol. The molecule has 0 bridgehead atoms. The van der Waals surface area contributed by atoms with Gasteiger partial charge in [-0.15, -0.1) is 10.2 Å². The third-order valence-electron chi connectivity index (χ3n) is 2.80. The number of carbonyl (C=O) groups excluding carboxylic acids is 1. The van der Waals surface area contributed by atoms with Crippen LogP contribution in [0.4, 0.5) is 5.69 Å². The van der Waals surface area contributed by atoms with E-state index < -0.39 is 5.97 Å². The van der Waals surface area contributed by atoms with Crippen LogP contribution in [-0.4, -0.2) is 40.6 Å². The van der Waals surface area contributed by atoms with Gasteiger partial charge in [-0.05, 0) is 24.3 Å². The number of thioether (sulfide) groups is 1. The largest absolute Gasteiger partial charge is 0.549 e. The normalized spacial score (nSPS) is 10.6. The first-order valence-electron chi connectivity index (χ1n) is 5.99. The van der Waals surface area contributed by atoms with E-state index in [1.165, 1.54) is 0 Å². The maximum atomic E-state index is 10.5. The molecule has 7 heteroatoms. The number of nitrogens with zero attached hydrogens (tertiary/aromatic N) is 4. The molecule has 20 heavy (non-hydrogen) atoms. The molecule has 1 aromatic heterocycles. The second kappa shape index (κ2) is 5.96. The Bertz CT molecular complexity index is 607. The van der Waals surface area contributed by atoms with Crippen molar-refractivity contribution < 1.29 is 9.90 Å². The number of hydrogen-bond acceptors (Lipinski definition) is 6. The molecule has 0 saturated carbocycles. The van der Waals surface area contributed by atoms with Crippen molar-refractivity contribution >= 4 is 23.4 Å². The molecule has 0 unspecified atom stereocenters. The van der Waals surface area contributed by atoms with Crippen molar-refractivity contribution in [3.05, 3.63) is 24.3 Å². The summed E-state index contributed by atoms with van der Waals surface area (Å²) in [6, 6.07) is 7.93. The van der Waals surface area contributed by atoms with Gasteiger partial charge in [0, 0.05) is 38.1 Å². The van der Waals surface area contributed by atoms with Crippen LogP contribution in [0.5, 0.6) is 0 Å². The molecule has 0 spiro atoms. The number of carboxylic acid groups (broad SMARTS) is 1. The van der Waals surface area contributed by atoms with Gasteiger partial charge in [-0.3, -0.25) is 0 Å². The van der Waals surface area contributed by atoms with Crippen molar-refractivity contribution in [3.8, 4) is 11.4 Å². The van der Waals surface area contributed by atoms with Crippen LogP contribution in [-0.2, 0) is 11.8 Å². The van der Waals surface area contributed by atoms with Gasteiger partial charge in [0.05, 0.1) is 5.97 Å². The predicted octanol–water partition coefficient (Wildman–Crippen LogP) is 0.390. The molecular formula is C13H15N4O2S-. The van der Waals surface area contributed by atoms with Gasteiger partial charge in [0.15, 0.2) is 11.0 Å². The second-order valence-corrected chi connectivity index (χ2v) is 5.41. The molecule has 0 aliphatic heterocycles. The minimum Gasteiger partial charge on any atom is -0.549 e. The Kier molecular flexibility index (Phi) is 4.29. The fraction of sp³-hybridized carbons (Fsp3) is 0.308.